The molecule has 2 N–H and O–H groups in total. The van der Waals surface area contributed by atoms with Crippen LogP contribution in [-0.2, 0) is 18.0 Å². The first kappa shape index (κ1) is 22.0. The molecule has 7 heteroatoms. The van der Waals surface area contributed by atoms with Crippen LogP contribution in [-0.4, -0.2) is 67.6 Å². The quantitative estimate of drug-likeness (QED) is 0.331. The van der Waals surface area contributed by atoms with Gasteiger partial charge in [0, 0.05) is 40.5 Å². The lowest BCUT2D eigenvalue weighted by atomic mass is 10.2. The van der Waals surface area contributed by atoms with Gasteiger partial charge in [-0.3, -0.25) is 0 Å². The van der Waals surface area contributed by atoms with Crippen LogP contribution in [0.5, 0.6) is 0 Å². The lowest BCUT2D eigenvalue weighted by molar-refractivity contribution is 0.0352. The Labute approximate surface area is 136 Å². The van der Waals surface area contributed by atoms with Gasteiger partial charge in [-0.25, -0.2) is 0 Å². The van der Waals surface area contributed by atoms with Gasteiger partial charge in [-0.05, 0) is 19.4 Å². The van der Waals surface area contributed by atoms with Gasteiger partial charge in [-0.1, -0.05) is 26.2 Å². The fraction of sp³-hybridized carbons (Fsp3) is 1.00. The Morgan fingerprint density at radius 1 is 1.00 bits per heavy atom. The van der Waals surface area contributed by atoms with E-state index in [9.17, 15) is 5.11 Å². The third kappa shape index (κ3) is 10.7. The SMILES string of the molecule is CCCCCCNC[C@@H](O)COCCC[Si](OC)(OC)OC. The molecule has 0 aliphatic heterocycles. The topological polar surface area (TPSA) is 69.2 Å². The normalized spacial score (nSPS) is 13.5. The van der Waals surface area contributed by atoms with Gasteiger partial charge in [0.1, 0.15) is 0 Å². The first-order valence-electron chi connectivity index (χ1n) is 8.26. The molecule has 1 atom stereocenters. The summed E-state index contributed by atoms with van der Waals surface area (Å²) in [5, 5.41) is 13.1. The molecule has 0 aromatic carbocycles. The highest BCUT2D eigenvalue weighted by molar-refractivity contribution is 6.60. The number of nitrogens with one attached hydrogen (secondary N) is 1. The zero-order valence-corrected chi connectivity index (χ0v) is 15.7. The van der Waals surface area contributed by atoms with Gasteiger partial charge in [0.05, 0.1) is 12.7 Å². The number of aliphatic hydroxyl groups is 1. The number of unbranched alkanes of at least 4 members (excludes halogenated alkanes) is 3. The van der Waals surface area contributed by atoms with Gasteiger partial charge in [0.25, 0.3) is 0 Å². The molecule has 0 radical (unpaired) electrons. The zero-order chi connectivity index (χ0) is 16.7. The number of hydrogen-bond donors (Lipinski definition) is 2. The van der Waals surface area contributed by atoms with Crippen molar-refractivity contribution < 1.29 is 23.1 Å². The average Bonchev–Trinajstić information content (AvgIpc) is 2.55. The lowest BCUT2D eigenvalue weighted by Crippen LogP contribution is -2.42. The second-order valence-corrected chi connectivity index (χ2v) is 8.48. The Bertz CT molecular complexity index is 234. The molecule has 0 bridgehead atoms. The smallest absolute Gasteiger partial charge is 0.389 e. The largest absolute Gasteiger partial charge is 0.500 e. The third-order valence-electron chi connectivity index (χ3n) is 3.60. The molecule has 0 amide bonds. The van der Waals surface area contributed by atoms with Crippen LogP contribution in [0.1, 0.15) is 39.0 Å². The monoisotopic (exact) mass is 337 g/mol. The molecule has 22 heavy (non-hydrogen) atoms. The molecule has 0 aromatic rings. The van der Waals surface area contributed by atoms with Crippen LogP contribution >= 0.6 is 0 Å². The van der Waals surface area contributed by atoms with Crippen molar-refractivity contribution in [1.29, 1.82) is 0 Å². The van der Waals surface area contributed by atoms with E-state index >= 15 is 0 Å². The van der Waals surface area contributed by atoms with Crippen LogP contribution in [0.4, 0.5) is 0 Å². The minimum atomic E-state index is -2.49. The van der Waals surface area contributed by atoms with Crippen molar-refractivity contribution in [2.45, 2.75) is 51.2 Å². The van der Waals surface area contributed by atoms with E-state index < -0.39 is 14.9 Å². The van der Waals surface area contributed by atoms with Crippen LogP contribution in [0.2, 0.25) is 6.04 Å². The predicted molar refractivity (Wildman–Crippen MR) is 90.0 cm³/mol. The molecule has 0 aromatic heterocycles. The molecular weight excluding hydrogens is 302 g/mol. The van der Waals surface area contributed by atoms with Gasteiger partial charge < -0.3 is 28.4 Å². The van der Waals surface area contributed by atoms with E-state index in [0.717, 1.165) is 13.0 Å². The summed E-state index contributed by atoms with van der Waals surface area (Å²) in [4.78, 5) is 0. The van der Waals surface area contributed by atoms with Crippen LogP contribution < -0.4 is 5.32 Å². The molecule has 6 nitrogen and oxygen atoms in total. The number of rotatable bonds is 16. The Hall–Kier alpha value is -0.0231. The Kier molecular flexibility index (Phi) is 14.5. The van der Waals surface area contributed by atoms with Crippen molar-refractivity contribution in [3.8, 4) is 0 Å². The second-order valence-electron chi connectivity index (χ2n) is 5.39. The number of ether oxygens (including phenoxy) is 1. The van der Waals surface area contributed by atoms with E-state index in [1.807, 2.05) is 0 Å². The maximum atomic E-state index is 9.80. The Morgan fingerprint density at radius 3 is 2.27 bits per heavy atom. The molecule has 0 aliphatic rings. The standard InChI is InChI=1S/C15H35NO5Si/c1-5-6-7-8-10-16-13-15(17)14-21-11-9-12-22(18-2,19-3)20-4/h15-17H,5-14H2,1-4H3/t15-/m1/s1. The van der Waals surface area contributed by atoms with Crippen LogP contribution in [0.3, 0.4) is 0 Å². The van der Waals surface area contributed by atoms with Crippen LogP contribution in [0, 0.1) is 0 Å². The summed E-state index contributed by atoms with van der Waals surface area (Å²) in [6.45, 7) is 4.66. The maximum absolute atomic E-state index is 9.80. The highest BCUT2D eigenvalue weighted by Gasteiger charge is 2.36. The van der Waals surface area contributed by atoms with Gasteiger partial charge in [-0.2, -0.15) is 0 Å². The first-order valence-corrected chi connectivity index (χ1v) is 10.2. The molecule has 0 unspecified atom stereocenters. The summed E-state index contributed by atoms with van der Waals surface area (Å²) in [7, 11) is 2.33. The molecule has 0 heterocycles. The van der Waals surface area contributed by atoms with Crippen LogP contribution in [0.15, 0.2) is 0 Å². The zero-order valence-electron chi connectivity index (χ0n) is 14.7. The summed E-state index contributed by atoms with van der Waals surface area (Å²) in [5.74, 6) is 0. The van der Waals surface area contributed by atoms with E-state index in [2.05, 4.69) is 12.2 Å². The summed E-state index contributed by atoms with van der Waals surface area (Å²) >= 11 is 0. The molecule has 0 saturated heterocycles. The van der Waals surface area contributed by atoms with Crippen LogP contribution in [0.25, 0.3) is 0 Å². The van der Waals surface area contributed by atoms with Gasteiger partial charge in [0.15, 0.2) is 0 Å². The fourth-order valence-electron chi connectivity index (χ4n) is 2.17. The number of hydrogen-bond acceptors (Lipinski definition) is 6. The summed E-state index contributed by atoms with van der Waals surface area (Å²) in [6.07, 6.45) is 5.27. The second kappa shape index (κ2) is 14.6. The maximum Gasteiger partial charge on any atom is 0.500 e. The van der Waals surface area contributed by atoms with Gasteiger partial charge >= 0.3 is 8.80 Å². The molecule has 0 spiro atoms. The van der Waals surface area contributed by atoms with E-state index in [-0.39, 0.29) is 0 Å². The molecule has 0 fully saturated rings. The fourth-order valence-corrected chi connectivity index (χ4v) is 3.86. The Balaban J connectivity index is 3.50. The Morgan fingerprint density at radius 2 is 1.68 bits per heavy atom. The van der Waals surface area contributed by atoms with E-state index in [4.69, 9.17) is 18.0 Å². The summed E-state index contributed by atoms with van der Waals surface area (Å²) < 4.78 is 21.5. The van der Waals surface area contributed by atoms with E-state index in [1.54, 1.807) is 21.3 Å². The lowest BCUT2D eigenvalue weighted by Gasteiger charge is -2.24. The van der Waals surface area contributed by atoms with Crippen molar-refractivity contribution in [3.05, 3.63) is 0 Å². The van der Waals surface area contributed by atoms with Gasteiger partial charge in [-0.15, -0.1) is 0 Å². The van der Waals surface area contributed by atoms with Crippen molar-refractivity contribution >= 4 is 8.80 Å². The van der Waals surface area contributed by atoms with Crippen molar-refractivity contribution in [2.75, 3.05) is 47.6 Å². The molecule has 0 saturated carbocycles. The van der Waals surface area contributed by atoms with Crippen molar-refractivity contribution in [2.24, 2.45) is 0 Å². The third-order valence-corrected chi connectivity index (χ3v) is 6.43. The summed E-state index contributed by atoms with van der Waals surface area (Å²) in [5.41, 5.74) is 0. The highest BCUT2D eigenvalue weighted by Crippen LogP contribution is 2.14. The van der Waals surface area contributed by atoms with E-state index in [0.29, 0.717) is 25.8 Å². The predicted octanol–water partition coefficient (Wildman–Crippen LogP) is 1.80. The minimum absolute atomic E-state index is 0.351. The molecule has 0 aliphatic carbocycles. The van der Waals surface area contributed by atoms with Crippen molar-refractivity contribution in [1.82, 2.24) is 5.32 Å². The van der Waals surface area contributed by atoms with Gasteiger partial charge in [0.2, 0.25) is 0 Å². The molecule has 134 valence electrons. The first-order chi connectivity index (χ1) is 10.6. The van der Waals surface area contributed by atoms with E-state index in [1.165, 1.54) is 25.7 Å². The molecule has 0 rings (SSSR count). The summed E-state index contributed by atoms with van der Waals surface area (Å²) in [6, 6.07) is 0.711. The number of aliphatic hydroxyl groups excluding tert-OH is 1. The molecular formula is C15H35NO5Si. The minimum Gasteiger partial charge on any atom is -0.389 e. The van der Waals surface area contributed by atoms with Crippen molar-refractivity contribution in [3.63, 3.8) is 0 Å². The average molecular weight is 338 g/mol. The highest BCUT2D eigenvalue weighted by atomic mass is 28.4.